The molecule has 4 nitrogen and oxygen atoms in total. The van der Waals surface area contributed by atoms with Crippen LogP contribution in [0, 0.1) is 0 Å². The van der Waals surface area contributed by atoms with E-state index >= 15 is 0 Å². The lowest BCUT2D eigenvalue weighted by Crippen LogP contribution is -2.28. The fourth-order valence-electron chi connectivity index (χ4n) is 2.07. The van der Waals surface area contributed by atoms with Crippen molar-refractivity contribution in [1.82, 2.24) is 0 Å². The molecule has 110 valence electrons. The van der Waals surface area contributed by atoms with Gasteiger partial charge >= 0.3 is 6.16 Å². The van der Waals surface area contributed by atoms with Crippen molar-refractivity contribution in [2.45, 2.75) is 45.1 Å². The van der Waals surface area contributed by atoms with Gasteiger partial charge in [0.2, 0.25) is 0 Å². The molecule has 0 radical (unpaired) electrons. The van der Waals surface area contributed by atoms with Crippen LogP contribution in [0.3, 0.4) is 0 Å². The first kappa shape index (κ1) is 14.7. The summed E-state index contributed by atoms with van der Waals surface area (Å²) in [6.07, 6.45) is 0.759. The first-order valence-corrected chi connectivity index (χ1v) is 7.02. The first-order chi connectivity index (χ1) is 9.45. The molecule has 1 aromatic carbocycles. The van der Waals surface area contributed by atoms with E-state index in [-0.39, 0.29) is 11.5 Å². The summed E-state index contributed by atoms with van der Waals surface area (Å²) in [7, 11) is 0. The molecule has 0 spiro atoms. The Morgan fingerprint density at radius 2 is 1.95 bits per heavy atom. The zero-order chi connectivity index (χ0) is 14.6. The van der Waals surface area contributed by atoms with Gasteiger partial charge in [0.1, 0.15) is 11.9 Å². The van der Waals surface area contributed by atoms with Gasteiger partial charge < -0.3 is 14.2 Å². The predicted molar refractivity (Wildman–Crippen MR) is 76.1 cm³/mol. The van der Waals surface area contributed by atoms with Crippen LogP contribution < -0.4 is 4.74 Å². The third-order valence-corrected chi connectivity index (χ3v) is 3.35. The molecule has 1 heterocycles. The van der Waals surface area contributed by atoms with E-state index in [0.717, 1.165) is 12.2 Å². The maximum atomic E-state index is 11.0. The summed E-state index contributed by atoms with van der Waals surface area (Å²) >= 11 is 0. The summed E-state index contributed by atoms with van der Waals surface area (Å²) in [6.45, 7) is 7.52. The number of rotatable bonds is 4. The smallest absolute Gasteiger partial charge is 0.493 e. The van der Waals surface area contributed by atoms with Gasteiger partial charge in [-0.1, -0.05) is 32.9 Å². The van der Waals surface area contributed by atoms with Crippen molar-refractivity contribution in [3.63, 3.8) is 0 Å². The Hall–Kier alpha value is -1.71. The predicted octanol–water partition coefficient (Wildman–Crippen LogP) is 3.68. The molecule has 20 heavy (non-hydrogen) atoms. The Bertz CT molecular complexity index is 445. The molecule has 0 bridgehead atoms. The van der Waals surface area contributed by atoms with Crippen LogP contribution in [0.5, 0.6) is 5.75 Å². The summed E-state index contributed by atoms with van der Waals surface area (Å²) in [5, 5.41) is 0. The molecule has 1 aliphatic rings. The van der Waals surface area contributed by atoms with Crippen molar-refractivity contribution in [2.24, 2.45) is 0 Å². The minimum atomic E-state index is -0.573. The van der Waals surface area contributed by atoms with Crippen LogP contribution in [0.15, 0.2) is 24.3 Å². The van der Waals surface area contributed by atoms with Gasteiger partial charge in [-0.3, -0.25) is 0 Å². The highest BCUT2D eigenvalue weighted by Crippen LogP contribution is 2.24. The lowest BCUT2D eigenvalue weighted by Gasteiger charge is -2.22. The fourth-order valence-corrected chi connectivity index (χ4v) is 2.07. The van der Waals surface area contributed by atoms with Gasteiger partial charge in [-0.15, -0.1) is 0 Å². The summed E-state index contributed by atoms with van der Waals surface area (Å²) in [5.41, 5.74) is 1.43. The summed E-state index contributed by atoms with van der Waals surface area (Å²) in [5.74, 6) is 0.844. The zero-order valence-corrected chi connectivity index (χ0v) is 12.3. The van der Waals surface area contributed by atoms with Gasteiger partial charge in [-0.25, -0.2) is 4.79 Å². The third kappa shape index (κ3) is 4.15. The Kier molecular flexibility index (Phi) is 4.53. The van der Waals surface area contributed by atoms with Crippen molar-refractivity contribution in [3.05, 3.63) is 29.8 Å². The fraction of sp³-hybridized carbons (Fsp3) is 0.562. The van der Waals surface area contributed by atoms with E-state index in [2.05, 4.69) is 32.9 Å². The second kappa shape index (κ2) is 6.16. The van der Waals surface area contributed by atoms with Crippen molar-refractivity contribution < 1.29 is 19.0 Å². The second-order valence-corrected chi connectivity index (χ2v) is 6.04. The van der Waals surface area contributed by atoms with Crippen LogP contribution in [0.25, 0.3) is 0 Å². The average molecular weight is 278 g/mol. The zero-order valence-electron chi connectivity index (χ0n) is 12.3. The van der Waals surface area contributed by atoms with Crippen LogP contribution in [-0.2, 0) is 14.9 Å². The van der Waals surface area contributed by atoms with Crippen LogP contribution in [0.1, 0.15) is 39.2 Å². The first-order valence-electron chi connectivity index (χ1n) is 7.02. The van der Waals surface area contributed by atoms with Crippen LogP contribution in [-0.4, -0.2) is 25.5 Å². The second-order valence-electron chi connectivity index (χ2n) is 6.04. The van der Waals surface area contributed by atoms with Crippen molar-refractivity contribution >= 4 is 6.16 Å². The lowest BCUT2D eigenvalue weighted by atomic mass is 9.87. The minimum Gasteiger partial charge on any atom is -0.493 e. The summed E-state index contributed by atoms with van der Waals surface area (Å²) in [6, 6.07) is 8.14. The van der Waals surface area contributed by atoms with Gasteiger partial charge in [-0.2, -0.15) is 0 Å². The molecule has 1 saturated heterocycles. The lowest BCUT2D eigenvalue weighted by molar-refractivity contribution is -0.0285. The average Bonchev–Trinajstić information content (AvgIpc) is 2.38. The molecule has 4 heteroatoms. The number of cyclic esters (lactones) is 2. The van der Waals surface area contributed by atoms with Crippen LogP contribution >= 0.6 is 0 Å². The van der Waals surface area contributed by atoms with Crippen molar-refractivity contribution in [2.75, 3.05) is 13.2 Å². The van der Waals surface area contributed by atoms with E-state index in [0.29, 0.717) is 19.6 Å². The summed E-state index contributed by atoms with van der Waals surface area (Å²) < 4.78 is 15.4. The Morgan fingerprint density at radius 3 is 2.55 bits per heavy atom. The molecule has 0 saturated carbocycles. The molecule has 2 rings (SSSR count). The number of carbonyl (C=O) groups is 1. The largest absolute Gasteiger partial charge is 0.508 e. The molecule has 0 amide bonds. The Morgan fingerprint density at radius 1 is 1.25 bits per heavy atom. The molecular weight excluding hydrogens is 256 g/mol. The van der Waals surface area contributed by atoms with Crippen molar-refractivity contribution in [1.29, 1.82) is 0 Å². The Balaban J connectivity index is 1.78. The Labute approximate surface area is 120 Å². The number of hydrogen-bond donors (Lipinski definition) is 0. The normalized spacial score (nSPS) is 19.1. The highest BCUT2D eigenvalue weighted by Gasteiger charge is 2.21. The van der Waals surface area contributed by atoms with Gasteiger partial charge in [0.15, 0.2) is 0 Å². The van der Waals surface area contributed by atoms with Crippen LogP contribution in [0.2, 0.25) is 0 Å². The van der Waals surface area contributed by atoms with E-state index in [9.17, 15) is 4.79 Å². The molecule has 0 aliphatic carbocycles. The highest BCUT2D eigenvalue weighted by atomic mass is 16.7. The van der Waals surface area contributed by atoms with E-state index in [1.54, 1.807) is 0 Å². The molecule has 1 fully saturated rings. The molecule has 0 aromatic heterocycles. The standard InChI is InChI=1S/C16H22O4/c1-16(2,3)12-4-6-13(7-5-12)18-10-8-14-9-11-19-15(17)20-14/h4-7,14H,8-11H2,1-3H3. The van der Waals surface area contributed by atoms with Gasteiger partial charge in [0, 0.05) is 12.8 Å². The van der Waals surface area contributed by atoms with Gasteiger partial charge in [0.05, 0.1) is 13.2 Å². The SMILES string of the molecule is CC(C)(C)c1ccc(OCCC2CCOC(=O)O2)cc1. The number of benzene rings is 1. The van der Waals surface area contributed by atoms with Gasteiger partial charge in [-0.05, 0) is 23.1 Å². The number of carbonyl (C=O) groups excluding carboxylic acids is 1. The minimum absolute atomic E-state index is 0.0925. The number of ether oxygens (including phenoxy) is 3. The van der Waals surface area contributed by atoms with E-state index < -0.39 is 6.16 Å². The monoisotopic (exact) mass is 278 g/mol. The molecule has 1 aliphatic heterocycles. The van der Waals surface area contributed by atoms with E-state index in [1.807, 2.05) is 12.1 Å². The number of hydrogen-bond acceptors (Lipinski definition) is 4. The highest BCUT2D eigenvalue weighted by molar-refractivity contribution is 5.60. The maximum absolute atomic E-state index is 11.0. The molecule has 1 atom stereocenters. The maximum Gasteiger partial charge on any atom is 0.508 e. The quantitative estimate of drug-likeness (QED) is 0.788. The summed E-state index contributed by atoms with van der Waals surface area (Å²) in [4.78, 5) is 11.0. The third-order valence-electron chi connectivity index (χ3n) is 3.35. The van der Waals surface area contributed by atoms with E-state index in [1.165, 1.54) is 5.56 Å². The molecular formula is C16H22O4. The van der Waals surface area contributed by atoms with Gasteiger partial charge in [0.25, 0.3) is 0 Å². The molecule has 1 unspecified atom stereocenters. The molecule has 1 aromatic rings. The van der Waals surface area contributed by atoms with Crippen molar-refractivity contribution in [3.8, 4) is 5.75 Å². The van der Waals surface area contributed by atoms with E-state index in [4.69, 9.17) is 14.2 Å². The molecule has 0 N–H and O–H groups in total. The van der Waals surface area contributed by atoms with Crippen LogP contribution in [0.4, 0.5) is 4.79 Å². The topological polar surface area (TPSA) is 44.8 Å².